The van der Waals surface area contributed by atoms with Gasteiger partial charge in [-0.15, -0.1) is 0 Å². The highest BCUT2D eigenvalue weighted by molar-refractivity contribution is 5.47. The van der Waals surface area contributed by atoms with Gasteiger partial charge in [-0.25, -0.2) is 0 Å². The minimum atomic E-state index is 0.786. The fourth-order valence-corrected chi connectivity index (χ4v) is 3.13. The molecule has 0 aromatic heterocycles. The lowest BCUT2D eigenvalue weighted by Crippen LogP contribution is -2.40. The van der Waals surface area contributed by atoms with Crippen molar-refractivity contribution in [3.05, 3.63) is 30.3 Å². The number of hydrogen-bond donors (Lipinski definition) is 0. The lowest BCUT2D eigenvalue weighted by molar-refractivity contribution is 0.151. The molecule has 86 valence electrons. The van der Waals surface area contributed by atoms with Crippen LogP contribution in [0.2, 0.25) is 0 Å². The Kier molecular flexibility index (Phi) is 2.60. The summed E-state index contributed by atoms with van der Waals surface area (Å²) in [6.45, 7) is 6.04. The molecular weight excluding hydrogens is 196 g/mol. The number of fused-ring (bicyclic) bond motifs is 1. The number of para-hydroxylation sites is 1. The van der Waals surface area contributed by atoms with Crippen molar-refractivity contribution in [2.75, 3.05) is 24.7 Å². The Bertz CT molecular complexity index is 349. The summed E-state index contributed by atoms with van der Waals surface area (Å²) in [5.74, 6) is 0.863. The standard InChI is InChI=1S/C14H20N2/c1-12-6-5-9-15-11-16(10-14(12)15)13-7-3-2-4-8-13/h2-4,7-8,12,14H,5-6,9-11H2,1H3/t12-,14+/m0/s1. The molecule has 2 saturated heterocycles. The van der Waals surface area contributed by atoms with Crippen LogP contribution < -0.4 is 4.90 Å². The van der Waals surface area contributed by atoms with Crippen LogP contribution in [0.15, 0.2) is 30.3 Å². The molecule has 1 aromatic rings. The van der Waals surface area contributed by atoms with E-state index in [1.165, 1.54) is 31.6 Å². The van der Waals surface area contributed by atoms with Gasteiger partial charge < -0.3 is 4.90 Å². The summed E-state index contributed by atoms with van der Waals surface area (Å²) in [5.41, 5.74) is 1.38. The molecule has 0 radical (unpaired) electrons. The molecule has 0 N–H and O–H groups in total. The van der Waals surface area contributed by atoms with Gasteiger partial charge in [0.1, 0.15) is 0 Å². The van der Waals surface area contributed by atoms with Crippen LogP contribution in [0.3, 0.4) is 0 Å². The normalized spacial score (nSPS) is 30.4. The van der Waals surface area contributed by atoms with Gasteiger partial charge in [0.15, 0.2) is 0 Å². The van der Waals surface area contributed by atoms with E-state index >= 15 is 0 Å². The van der Waals surface area contributed by atoms with E-state index in [-0.39, 0.29) is 0 Å². The molecule has 2 fully saturated rings. The van der Waals surface area contributed by atoms with E-state index in [9.17, 15) is 0 Å². The third kappa shape index (κ3) is 1.71. The molecule has 16 heavy (non-hydrogen) atoms. The second-order valence-electron chi connectivity index (χ2n) is 5.20. The van der Waals surface area contributed by atoms with Crippen LogP contribution in [-0.2, 0) is 0 Å². The number of piperidine rings is 1. The van der Waals surface area contributed by atoms with Crippen molar-refractivity contribution in [3.8, 4) is 0 Å². The molecule has 0 spiro atoms. The first-order chi connectivity index (χ1) is 7.84. The molecule has 2 nitrogen and oxygen atoms in total. The van der Waals surface area contributed by atoms with E-state index in [1.54, 1.807) is 0 Å². The van der Waals surface area contributed by atoms with Crippen LogP contribution in [0, 0.1) is 5.92 Å². The van der Waals surface area contributed by atoms with Crippen molar-refractivity contribution in [1.29, 1.82) is 0 Å². The minimum absolute atomic E-state index is 0.786. The average molecular weight is 216 g/mol. The van der Waals surface area contributed by atoms with Gasteiger partial charge in [0, 0.05) is 24.8 Å². The van der Waals surface area contributed by atoms with Crippen molar-refractivity contribution < 1.29 is 0 Å². The van der Waals surface area contributed by atoms with E-state index in [1.807, 2.05) is 0 Å². The van der Waals surface area contributed by atoms with E-state index in [4.69, 9.17) is 0 Å². The van der Waals surface area contributed by atoms with Crippen LogP contribution in [-0.4, -0.2) is 30.7 Å². The largest absolute Gasteiger partial charge is 0.357 e. The van der Waals surface area contributed by atoms with Gasteiger partial charge in [-0.3, -0.25) is 4.90 Å². The van der Waals surface area contributed by atoms with Crippen molar-refractivity contribution >= 4 is 5.69 Å². The number of nitrogens with zero attached hydrogens (tertiary/aromatic N) is 2. The van der Waals surface area contributed by atoms with Gasteiger partial charge in [-0.2, -0.15) is 0 Å². The van der Waals surface area contributed by atoms with Gasteiger partial charge >= 0.3 is 0 Å². The number of hydrogen-bond acceptors (Lipinski definition) is 2. The molecule has 2 heterocycles. The molecular formula is C14H20N2. The quantitative estimate of drug-likeness (QED) is 0.712. The van der Waals surface area contributed by atoms with E-state index in [2.05, 4.69) is 47.1 Å². The molecule has 0 saturated carbocycles. The molecule has 3 rings (SSSR count). The Labute approximate surface area is 97.9 Å². The molecule has 2 atom stereocenters. The van der Waals surface area contributed by atoms with Crippen molar-refractivity contribution in [3.63, 3.8) is 0 Å². The molecule has 0 bridgehead atoms. The van der Waals surface area contributed by atoms with Crippen LogP contribution in [0.25, 0.3) is 0 Å². The summed E-state index contributed by atoms with van der Waals surface area (Å²) in [5, 5.41) is 0. The summed E-state index contributed by atoms with van der Waals surface area (Å²) < 4.78 is 0. The Morgan fingerprint density at radius 2 is 2.00 bits per heavy atom. The highest BCUT2D eigenvalue weighted by Gasteiger charge is 2.36. The SMILES string of the molecule is C[C@H]1CCCN2CN(c3ccccc3)C[C@H]12. The Balaban J connectivity index is 1.77. The summed E-state index contributed by atoms with van der Waals surface area (Å²) in [7, 11) is 0. The average Bonchev–Trinajstić information content (AvgIpc) is 2.76. The smallest absolute Gasteiger partial charge is 0.0710 e. The topological polar surface area (TPSA) is 6.48 Å². The van der Waals surface area contributed by atoms with Gasteiger partial charge in [-0.05, 0) is 30.9 Å². The highest BCUT2D eigenvalue weighted by Crippen LogP contribution is 2.30. The lowest BCUT2D eigenvalue weighted by Gasteiger charge is -2.33. The van der Waals surface area contributed by atoms with E-state index < -0.39 is 0 Å². The van der Waals surface area contributed by atoms with Crippen LogP contribution in [0.5, 0.6) is 0 Å². The Hall–Kier alpha value is -1.02. The molecule has 0 aliphatic carbocycles. The molecule has 0 unspecified atom stereocenters. The predicted octanol–water partition coefficient (Wildman–Crippen LogP) is 2.56. The van der Waals surface area contributed by atoms with E-state index in [0.29, 0.717) is 0 Å². The molecule has 2 aliphatic heterocycles. The monoisotopic (exact) mass is 216 g/mol. The Morgan fingerprint density at radius 3 is 2.75 bits per heavy atom. The fourth-order valence-electron chi connectivity index (χ4n) is 3.13. The zero-order valence-electron chi connectivity index (χ0n) is 9.97. The molecule has 1 aromatic carbocycles. The maximum absolute atomic E-state index is 2.65. The zero-order chi connectivity index (χ0) is 11.0. The zero-order valence-corrected chi connectivity index (χ0v) is 9.97. The van der Waals surface area contributed by atoms with Crippen molar-refractivity contribution in [1.82, 2.24) is 4.90 Å². The second kappa shape index (κ2) is 4.10. The molecule has 2 heteroatoms. The summed E-state index contributed by atoms with van der Waals surface area (Å²) in [4.78, 5) is 5.17. The predicted molar refractivity (Wildman–Crippen MR) is 67.5 cm³/mol. The summed E-state index contributed by atoms with van der Waals surface area (Å²) >= 11 is 0. The lowest BCUT2D eigenvalue weighted by atomic mass is 9.92. The van der Waals surface area contributed by atoms with Gasteiger partial charge in [-0.1, -0.05) is 25.1 Å². The first-order valence-corrected chi connectivity index (χ1v) is 6.38. The second-order valence-corrected chi connectivity index (χ2v) is 5.20. The number of anilines is 1. The van der Waals surface area contributed by atoms with Crippen LogP contribution in [0.1, 0.15) is 19.8 Å². The highest BCUT2D eigenvalue weighted by atomic mass is 15.4. The van der Waals surface area contributed by atoms with Crippen molar-refractivity contribution in [2.24, 2.45) is 5.92 Å². The molecule has 2 aliphatic rings. The number of benzene rings is 1. The number of rotatable bonds is 1. The third-order valence-corrected chi connectivity index (χ3v) is 4.11. The maximum Gasteiger partial charge on any atom is 0.0710 e. The summed E-state index contributed by atoms with van der Waals surface area (Å²) in [6, 6.07) is 11.6. The van der Waals surface area contributed by atoms with Crippen LogP contribution >= 0.6 is 0 Å². The van der Waals surface area contributed by atoms with Gasteiger partial charge in [0.05, 0.1) is 6.67 Å². The third-order valence-electron chi connectivity index (χ3n) is 4.11. The molecule has 0 amide bonds. The first-order valence-electron chi connectivity index (χ1n) is 6.38. The Morgan fingerprint density at radius 1 is 1.19 bits per heavy atom. The van der Waals surface area contributed by atoms with Crippen LogP contribution in [0.4, 0.5) is 5.69 Å². The minimum Gasteiger partial charge on any atom is -0.357 e. The maximum atomic E-state index is 2.65. The van der Waals surface area contributed by atoms with Gasteiger partial charge in [0.2, 0.25) is 0 Å². The van der Waals surface area contributed by atoms with E-state index in [0.717, 1.165) is 18.6 Å². The van der Waals surface area contributed by atoms with Crippen molar-refractivity contribution in [2.45, 2.75) is 25.8 Å². The van der Waals surface area contributed by atoms with Gasteiger partial charge in [0.25, 0.3) is 0 Å². The summed E-state index contributed by atoms with van der Waals surface area (Å²) in [6.07, 6.45) is 2.78. The fraction of sp³-hybridized carbons (Fsp3) is 0.571. The first kappa shape index (κ1) is 10.2.